The molecule has 0 fully saturated rings. The van der Waals surface area contributed by atoms with Crippen molar-refractivity contribution < 1.29 is 0 Å². The first kappa shape index (κ1) is 13.3. The number of aryl methyl sites for hydroxylation is 2. The van der Waals surface area contributed by atoms with Crippen LogP contribution in [-0.2, 0) is 20.0 Å². The van der Waals surface area contributed by atoms with Gasteiger partial charge in [0.1, 0.15) is 17.3 Å². The third-order valence-corrected chi connectivity index (χ3v) is 3.79. The van der Waals surface area contributed by atoms with Crippen LogP contribution < -0.4 is 5.32 Å². The molecule has 2 aromatic heterocycles. The van der Waals surface area contributed by atoms with E-state index in [1.54, 1.807) is 0 Å². The highest BCUT2D eigenvalue weighted by molar-refractivity contribution is 9.10. The van der Waals surface area contributed by atoms with Crippen molar-refractivity contribution in [3.05, 3.63) is 33.4 Å². The van der Waals surface area contributed by atoms with E-state index in [2.05, 4.69) is 43.2 Å². The van der Waals surface area contributed by atoms with E-state index in [9.17, 15) is 0 Å². The average Bonchev–Trinajstić information content (AvgIpc) is 2.71. The zero-order valence-electron chi connectivity index (χ0n) is 10.1. The van der Waals surface area contributed by atoms with Gasteiger partial charge in [-0.25, -0.2) is 9.97 Å². The van der Waals surface area contributed by atoms with Gasteiger partial charge in [-0.15, -0.1) is 0 Å². The molecule has 0 aliphatic rings. The van der Waals surface area contributed by atoms with Crippen molar-refractivity contribution >= 4 is 33.3 Å². The van der Waals surface area contributed by atoms with Crippen LogP contribution in [0.25, 0.3) is 0 Å². The van der Waals surface area contributed by atoms with E-state index < -0.39 is 0 Å². The highest BCUT2D eigenvalue weighted by atomic mass is 79.9. The number of halogens is 2. The fourth-order valence-electron chi connectivity index (χ4n) is 1.68. The molecule has 0 amide bonds. The van der Waals surface area contributed by atoms with E-state index in [-0.39, 0.29) is 0 Å². The maximum absolute atomic E-state index is 5.90. The molecule has 2 heterocycles. The molecule has 0 unspecified atom stereocenters. The maximum Gasteiger partial charge on any atom is 0.148 e. The number of hydrogen-bond donors (Lipinski definition) is 1. The molecule has 1 N–H and O–H groups in total. The van der Waals surface area contributed by atoms with Gasteiger partial charge in [0.25, 0.3) is 0 Å². The van der Waals surface area contributed by atoms with Gasteiger partial charge < -0.3 is 5.32 Å². The highest BCUT2D eigenvalue weighted by Crippen LogP contribution is 2.26. The number of aromatic nitrogens is 4. The maximum atomic E-state index is 5.90. The lowest BCUT2D eigenvalue weighted by molar-refractivity contribution is 0.746. The second kappa shape index (κ2) is 5.67. The zero-order chi connectivity index (χ0) is 13.1. The number of nitrogens with one attached hydrogen (secondary N) is 1. The Morgan fingerprint density at radius 3 is 2.94 bits per heavy atom. The van der Waals surface area contributed by atoms with E-state index in [0.717, 1.165) is 17.7 Å². The van der Waals surface area contributed by atoms with Gasteiger partial charge in [0, 0.05) is 25.4 Å². The summed E-state index contributed by atoms with van der Waals surface area (Å²) in [6, 6.07) is 0. The second-order valence-electron chi connectivity index (χ2n) is 3.81. The molecule has 2 rings (SSSR count). The Labute approximate surface area is 119 Å². The lowest BCUT2D eigenvalue weighted by Crippen LogP contribution is -2.04. The molecule has 0 saturated carbocycles. The van der Waals surface area contributed by atoms with E-state index >= 15 is 0 Å². The van der Waals surface area contributed by atoms with Gasteiger partial charge >= 0.3 is 0 Å². The van der Waals surface area contributed by atoms with Crippen molar-refractivity contribution in [2.75, 3.05) is 5.32 Å². The monoisotopic (exact) mass is 329 g/mol. The number of nitrogens with zero attached hydrogens (tertiary/aromatic N) is 4. The zero-order valence-corrected chi connectivity index (χ0v) is 12.5. The Bertz CT molecular complexity index is 554. The molecule has 0 bridgehead atoms. The normalized spacial score (nSPS) is 10.7. The van der Waals surface area contributed by atoms with Crippen molar-refractivity contribution in [2.45, 2.75) is 19.9 Å². The predicted molar refractivity (Wildman–Crippen MR) is 74.7 cm³/mol. The van der Waals surface area contributed by atoms with Crippen LogP contribution in [0.15, 0.2) is 17.0 Å². The van der Waals surface area contributed by atoms with E-state index in [4.69, 9.17) is 11.6 Å². The van der Waals surface area contributed by atoms with Gasteiger partial charge in [0.15, 0.2) is 0 Å². The van der Waals surface area contributed by atoms with Crippen LogP contribution in [0.4, 0.5) is 5.82 Å². The van der Waals surface area contributed by atoms with Gasteiger partial charge in [-0.2, -0.15) is 5.10 Å². The van der Waals surface area contributed by atoms with Crippen molar-refractivity contribution in [1.29, 1.82) is 0 Å². The smallest absolute Gasteiger partial charge is 0.148 e. The summed E-state index contributed by atoms with van der Waals surface area (Å²) in [5.41, 5.74) is 2.24. The molecule has 0 aliphatic carbocycles. The summed E-state index contributed by atoms with van der Waals surface area (Å²) < 4.78 is 2.49. The summed E-state index contributed by atoms with van der Waals surface area (Å²) in [7, 11) is 1.92. The van der Waals surface area contributed by atoms with Gasteiger partial charge in [-0.1, -0.05) is 18.5 Å². The first-order chi connectivity index (χ1) is 8.61. The summed E-state index contributed by atoms with van der Waals surface area (Å²) in [4.78, 5) is 8.02. The Kier molecular flexibility index (Phi) is 4.19. The lowest BCUT2D eigenvalue weighted by atomic mass is 10.2. The van der Waals surface area contributed by atoms with Crippen LogP contribution in [0.5, 0.6) is 0 Å². The molecule has 96 valence electrons. The summed E-state index contributed by atoms with van der Waals surface area (Å²) in [5.74, 6) is 0.681. The molecular formula is C11H13BrClN5. The van der Waals surface area contributed by atoms with Gasteiger partial charge in [-0.05, 0) is 22.4 Å². The molecule has 2 aromatic rings. The minimum Gasteiger partial charge on any atom is -0.365 e. The molecule has 0 aromatic carbocycles. The van der Waals surface area contributed by atoms with Gasteiger partial charge in [0.05, 0.1) is 10.2 Å². The standard InChI is InChI=1S/C11H13BrClN5/c1-3-8-7(5-18(2)17-8)4-14-11-9(12)10(13)15-6-16-11/h5-6H,3-4H2,1-2H3,(H,14,15,16). The van der Waals surface area contributed by atoms with Crippen LogP contribution in [0.1, 0.15) is 18.2 Å². The fraction of sp³-hybridized carbons (Fsp3) is 0.364. The molecule has 7 heteroatoms. The topological polar surface area (TPSA) is 55.6 Å². The van der Waals surface area contributed by atoms with E-state index in [1.165, 1.54) is 6.33 Å². The Morgan fingerprint density at radius 2 is 2.22 bits per heavy atom. The SMILES string of the molecule is CCc1nn(C)cc1CNc1ncnc(Cl)c1Br. The second-order valence-corrected chi connectivity index (χ2v) is 4.96. The van der Waals surface area contributed by atoms with Crippen molar-refractivity contribution in [2.24, 2.45) is 7.05 Å². The molecular weight excluding hydrogens is 318 g/mol. The van der Waals surface area contributed by atoms with E-state index in [0.29, 0.717) is 22.0 Å². The van der Waals surface area contributed by atoms with Crippen molar-refractivity contribution in [1.82, 2.24) is 19.7 Å². The predicted octanol–water partition coefficient (Wildman–Crippen LogP) is 2.80. The molecule has 0 saturated heterocycles. The molecule has 0 radical (unpaired) electrons. The van der Waals surface area contributed by atoms with Crippen LogP contribution >= 0.6 is 27.5 Å². The number of hydrogen-bond acceptors (Lipinski definition) is 4. The Balaban J connectivity index is 2.13. The van der Waals surface area contributed by atoms with Crippen molar-refractivity contribution in [3.8, 4) is 0 Å². The summed E-state index contributed by atoms with van der Waals surface area (Å²) in [6.45, 7) is 2.74. The van der Waals surface area contributed by atoms with Crippen LogP contribution in [-0.4, -0.2) is 19.7 Å². The first-order valence-electron chi connectivity index (χ1n) is 5.53. The highest BCUT2D eigenvalue weighted by Gasteiger charge is 2.09. The van der Waals surface area contributed by atoms with Crippen molar-refractivity contribution in [3.63, 3.8) is 0 Å². The minimum absolute atomic E-state index is 0.398. The summed E-state index contributed by atoms with van der Waals surface area (Å²) >= 11 is 9.26. The first-order valence-corrected chi connectivity index (χ1v) is 6.70. The molecule has 0 atom stereocenters. The van der Waals surface area contributed by atoms with Crippen LogP contribution in [0, 0.1) is 0 Å². The molecule has 0 spiro atoms. The lowest BCUT2D eigenvalue weighted by Gasteiger charge is -2.07. The largest absolute Gasteiger partial charge is 0.365 e. The third-order valence-electron chi connectivity index (χ3n) is 2.52. The molecule has 18 heavy (non-hydrogen) atoms. The summed E-state index contributed by atoms with van der Waals surface area (Å²) in [5, 5.41) is 8.01. The minimum atomic E-state index is 0.398. The van der Waals surface area contributed by atoms with E-state index in [1.807, 2.05) is 17.9 Å². The Morgan fingerprint density at radius 1 is 1.44 bits per heavy atom. The molecule has 5 nitrogen and oxygen atoms in total. The average molecular weight is 331 g/mol. The van der Waals surface area contributed by atoms with Crippen LogP contribution in [0.3, 0.4) is 0 Å². The Hall–Kier alpha value is -1.14. The number of rotatable bonds is 4. The third kappa shape index (κ3) is 2.81. The number of anilines is 1. The quantitative estimate of drug-likeness (QED) is 0.876. The van der Waals surface area contributed by atoms with Gasteiger partial charge in [0.2, 0.25) is 0 Å². The molecule has 0 aliphatic heterocycles. The van der Waals surface area contributed by atoms with Crippen LogP contribution in [0.2, 0.25) is 5.15 Å². The fourth-order valence-corrected chi connectivity index (χ4v) is 2.16. The summed E-state index contributed by atoms with van der Waals surface area (Å²) in [6.07, 6.45) is 4.34. The van der Waals surface area contributed by atoms with Gasteiger partial charge in [-0.3, -0.25) is 4.68 Å².